The molecule has 0 spiro atoms. The summed E-state index contributed by atoms with van der Waals surface area (Å²) in [5.41, 5.74) is 1.38. The number of benzene rings is 2. The number of nitrogens with zero attached hydrogens (tertiary/aromatic N) is 1. The molecule has 4 amide bonds. The number of hydrazone groups is 1. The maximum absolute atomic E-state index is 12.7. The molecule has 0 bridgehead atoms. The molecule has 3 atom stereocenters. The van der Waals surface area contributed by atoms with Crippen LogP contribution in [-0.2, 0) is 19.2 Å². The van der Waals surface area contributed by atoms with Crippen LogP contribution in [0.15, 0.2) is 59.7 Å². The number of rotatable bonds is 11. The standard InChI is InChI=1S/C23H26N6O7/c1-13(26-23(36)27-16-9-7-14(8-10-16)12-25-24)20(32)28-17(11-18(30)31)21(33)29-19(22(34)35)15-5-3-2-4-6-15/h2-10,12-13,17,19H,11,24H2,1H3,(H,28,32)(H,29,33)(H,30,31)(H,34,35)(H2,26,27,36)/t13?,17-,19-/m0/s1. The first-order valence-electron chi connectivity index (χ1n) is 10.6. The number of nitrogens with one attached hydrogen (secondary N) is 4. The van der Waals surface area contributed by atoms with Gasteiger partial charge in [-0.1, -0.05) is 42.5 Å². The molecule has 0 aliphatic rings. The molecule has 0 heterocycles. The number of aliphatic carboxylic acids is 2. The maximum Gasteiger partial charge on any atom is 0.330 e. The molecule has 0 aliphatic carbocycles. The highest BCUT2D eigenvalue weighted by Gasteiger charge is 2.30. The molecule has 0 saturated carbocycles. The van der Waals surface area contributed by atoms with Crippen molar-refractivity contribution in [2.45, 2.75) is 31.5 Å². The summed E-state index contributed by atoms with van der Waals surface area (Å²) < 4.78 is 0. The molecule has 8 N–H and O–H groups in total. The summed E-state index contributed by atoms with van der Waals surface area (Å²) >= 11 is 0. The Labute approximate surface area is 205 Å². The van der Waals surface area contributed by atoms with E-state index in [0.717, 1.165) is 0 Å². The lowest BCUT2D eigenvalue weighted by atomic mass is 10.1. The Kier molecular flexibility index (Phi) is 9.92. The first-order chi connectivity index (χ1) is 17.1. The van der Waals surface area contributed by atoms with Crippen molar-refractivity contribution in [2.75, 3.05) is 5.32 Å². The molecule has 13 nitrogen and oxygen atoms in total. The van der Waals surface area contributed by atoms with Gasteiger partial charge in [-0.05, 0) is 30.2 Å². The third kappa shape index (κ3) is 8.44. The minimum atomic E-state index is -1.59. The second-order valence-electron chi connectivity index (χ2n) is 7.57. The van der Waals surface area contributed by atoms with Gasteiger partial charge in [0.1, 0.15) is 12.1 Å². The molecule has 36 heavy (non-hydrogen) atoms. The maximum atomic E-state index is 12.7. The molecule has 0 radical (unpaired) electrons. The van der Waals surface area contributed by atoms with Gasteiger partial charge < -0.3 is 37.3 Å². The highest BCUT2D eigenvalue weighted by molar-refractivity contribution is 5.97. The smallest absolute Gasteiger partial charge is 0.330 e. The highest BCUT2D eigenvalue weighted by atomic mass is 16.4. The van der Waals surface area contributed by atoms with E-state index in [9.17, 15) is 29.1 Å². The van der Waals surface area contributed by atoms with E-state index in [0.29, 0.717) is 11.3 Å². The summed E-state index contributed by atoms with van der Waals surface area (Å²) in [6.07, 6.45) is 0.606. The Balaban J connectivity index is 2.01. The van der Waals surface area contributed by atoms with E-state index in [1.54, 1.807) is 42.5 Å². The van der Waals surface area contributed by atoms with Crippen molar-refractivity contribution in [3.63, 3.8) is 0 Å². The van der Waals surface area contributed by atoms with Crippen molar-refractivity contribution >= 4 is 41.7 Å². The fraction of sp³-hybridized carbons (Fsp3) is 0.217. The number of carboxylic acids is 2. The number of carbonyl (C=O) groups excluding carboxylic acids is 3. The van der Waals surface area contributed by atoms with E-state index >= 15 is 0 Å². The third-order valence-electron chi connectivity index (χ3n) is 4.81. The lowest BCUT2D eigenvalue weighted by molar-refractivity contribution is -0.143. The van der Waals surface area contributed by atoms with Gasteiger partial charge in [0.2, 0.25) is 11.8 Å². The second kappa shape index (κ2) is 13.1. The van der Waals surface area contributed by atoms with Gasteiger partial charge in [-0.25, -0.2) is 9.59 Å². The zero-order valence-corrected chi connectivity index (χ0v) is 19.2. The fourth-order valence-corrected chi connectivity index (χ4v) is 3.02. The van der Waals surface area contributed by atoms with Gasteiger partial charge in [0.05, 0.1) is 12.6 Å². The predicted molar refractivity (Wildman–Crippen MR) is 129 cm³/mol. The highest BCUT2D eigenvalue weighted by Crippen LogP contribution is 2.13. The second-order valence-corrected chi connectivity index (χ2v) is 7.57. The van der Waals surface area contributed by atoms with Crippen LogP contribution in [0.4, 0.5) is 10.5 Å². The van der Waals surface area contributed by atoms with Gasteiger partial charge in [-0.2, -0.15) is 5.10 Å². The van der Waals surface area contributed by atoms with Crippen molar-refractivity contribution in [2.24, 2.45) is 10.9 Å². The molecule has 2 aromatic carbocycles. The first kappa shape index (κ1) is 27.3. The van der Waals surface area contributed by atoms with E-state index < -0.39 is 54.3 Å². The quantitative estimate of drug-likeness (QED) is 0.130. The Bertz CT molecular complexity index is 1120. The molecule has 0 aromatic heterocycles. The van der Waals surface area contributed by atoms with Crippen LogP contribution in [0.3, 0.4) is 0 Å². The summed E-state index contributed by atoms with van der Waals surface area (Å²) in [7, 11) is 0. The number of hydrogen-bond donors (Lipinski definition) is 7. The van der Waals surface area contributed by atoms with Crippen molar-refractivity contribution in [1.82, 2.24) is 16.0 Å². The van der Waals surface area contributed by atoms with E-state index in [2.05, 4.69) is 26.4 Å². The molecule has 1 unspecified atom stereocenters. The number of carbonyl (C=O) groups is 5. The Hall–Kier alpha value is -4.94. The molecular weight excluding hydrogens is 472 g/mol. The van der Waals surface area contributed by atoms with Gasteiger partial charge in [-0.3, -0.25) is 14.4 Å². The van der Waals surface area contributed by atoms with Gasteiger partial charge in [0.25, 0.3) is 0 Å². The van der Waals surface area contributed by atoms with Crippen LogP contribution in [0.5, 0.6) is 0 Å². The lowest BCUT2D eigenvalue weighted by Gasteiger charge is -2.22. The Morgan fingerprint density at radius 2 is 1.56 bits per heavy atom. The minimum Gasteiger partial charge on any atom is -0.481 e. The summed E-state index contributed by atoms with van der Waals surface area (Å²) in [5.74, 6) is 0.436. The van der Waals surface area contributed by atoms with E-state index in [-0.39, 0.29) is 5.56 Å². The summed E-state index contributed by atoms with van der Waals surface area (Å²) in [5, 5.41) is 31.4. The molecule has 2 rings (SSSR count). The van der Waals surface area contributed by atoms with Gasteiger partial charge in [-0.15, -0.1) is 0 Å². The van der Waals surface area contributed by atoms with Crippen molar-refractivity contribution < 1.29 is 34.2 Å². The summed E-state index contributed by atoms with van der Waals surface area (Å²) in [6.45, 7) is 1.33. The van der Waals surface area contributed by atoms with Crippen LogP contribution in [0.25, 0.3) is 0 Å². The summed E-state index contributed by atoms with van der Waals surface area (Å²) in [6, 6.07) is 9.29. The van der Waals surface area contributed by atoms with Gasteiger partial charge in [0.15, 0.2) is 6.04 Å². The van der Waals surface area contributed by atoms with Crippen LogP contribution in [-0.4, -0.2) is 58.3 Å². The minimum absolute atomic E-state index is 0.258. The zero-order chi connectivity index (χ0) is 26.7. The SMILES string of the molecule is CC(NC(=O)Nc1ccc(C=NN)cc1)C(=O)N[C@@H](CC(=O)O)C(=O)N[C@H](C(=O)O)c1ccccc1. The average molecular weight is 498 g/mol. The predicted octanol–water partition coefficient (Wildman–Crippen LogP) is 0.391. The van der Waals surface area contributed by atoms with Crippen LogP contribution in [0.1, 0.15) is 30.5 Å². The van der Waals surface area contributed by atoms with Crippen LogP contribution in [0, 0.1) is 0 Å². The number of nitrogens with two attached hydrogens (primary N) is 1. The van der Waals surface area contributed by atoms with Crippen LogP contribution < -0.4 is 27.1 Å². The summed E-state index contributed by atoms with van der Waals surface area (Å²) in [4.78, 5) is 60.4. The zero-order valence-electron chi connectivity index (χ0n) is 19.2. The van der Waals surface area contributed by atoms with Crippen molar-refractivity contribution in [3.8, 4) is 0 Å². The molecule has 0 aliphatic heterocycles. The number of hydrogen-bond acceptors (Lipinski definition) is 7. The first-order valence-corrected chi connectivity index (χ1v) is 10.6. The van der Waals surface area contributed by atoms with E-state index in [1.807, 2.05) is 0 Å². The normalized spacial score (nSPS) is 13.1. The van der Waals surface area contributed by atoms with Crippen molar-refractivity contribution in [1.29, 1.82) is 0 Å². The van der Waals surface area contributed by atoms with Gasteiger partial charge in [0, 0.05) is 5.69 Å². The monoisotopic (exact) mass is 498 g/mol. The Morgan fingerprint density at radius 3 is 2.11 bits per heavy atom. The van der Waals surface area contributed by atoms with E-state index in [1.165, 1.54) is 25.3 Å². The number of carboxylic acid groups (broad SMARTS) is 2. The van der Waals surface area contributed by atoms with Crippen molar-refractivity contribution in [3.05, 3.63) is 65.7 Å². The topological polar surface area (TPSA) is 212 Å². The molecule has 0 saturated heterocycles. The average Bonchev–Trinajstić information content (AvgIpc) is 2.83. The largest absolute Gasteiger partial charge is 0.481 e. The van der Waals surface area contributed by atoms with Crippen LogP contribution >= 0.6 is 0 Å². The molecule has 13 heteroatoms. The Morgan fingerprint density at radius 1 is 0.917 bits per heavy atom. The van der Waals surface area contributed by atoms with Gasteiger partial charge >= 0.3 is 18.0 Å². The third-order valence-corrected chi connectivity index (χ3v) is 4.81. The van der Waals surface area contributed by atoms with Crippen LogP contribution in [0.2, 0.25) is 0 Å². The number of amides is 4. The molecule has 0 fully saturated rings. The molecule has 190 valence electrons. The van der Waals surface area contributed by atoms with E-state index in [4.69, 9.17) is 10.9 Å². The lowest BCUT2D eigenvalue weighted by Crippen LogP contribution is -2.54. The molecular formula is C23H26N6O7. The number of anilines is 1. The number of urea groups is 1. The molecule has 2 aromatic rings. The fourth-order valence-electron chi connectivity index (χ4n) is 3.02.